The first-order chi connectivity index (χ1) is 18.0. The first-order valence-electron chi connectivity index (χ1n) is 13.2. The monoisotopic (exact) mass is 502 g/mol. The maximum Gasteiger partial charge on any atom is 0.222 e. The molecule has 0 unspecified atom stereocenters. The molecule has 2 aromatic carbocycles. The summed E-state index contributed by atoms with van der Waals surface area (Å²) in [6.45, 7) is 9.87. The van der Waals surface area contributed by atoms with Crippen LogP contribution >= 0.6 is 0 Å². The van der Waals surface area contributed by atoms with Crippen LogP contribution in [0.1, 0.15) is 38.5 Å². The van der Waals surface area contributed by atoms with Gasteiger partial charge in [-0.2, -0.15) is 0 Å². The fourth-order valence-corrected chi connectivity index (χ4v) is 5.56. The summed E-state index contributed by atoms with van der Waals surface area (Å²) in [6, 6.07) is 15.3. The number of benzene rings is 2. The standard InChI is InChI=1S/C29H35FN6O/c1-32-27-10-9-21(16-26(27)30)28-18-29(33-19-20-5-3-6-22(31)15-20)34-36(28)24-8-4-7-23(17-24)35-13-11-25(37-2)12-14-35/h4,7-10,16-18,20,22,25H,3,5-6,11-15,19,31H2,2H3,(H,33,34)/t20-,22-/m0/s1. The average Bonchev–Trinajstić information content (AvgIpc) is 3.36. The largest absolute Gasteiger partial charge is 0.381 e. The number of hydrogen-bond acceptors (Lipinski definition) is 5. The number of hydrogen-bond donors (Lipinski definition) is 2. The normalized spacial score (nSPS) is 20.5. The van der Waals surface area contributed by atoms with Gasteiger partial charge in [0.25, 0.3) is 0 Å². The third-order valence-electron chi connectivity index (χ3n) is 7.68. The molecule has 2 aliphatic rings. The van der Waals surface area contributed by atoms with E-state index in [1.54, 1.807) is 13.2 Å². The third kappa shape index (κ3) is 5.79. The van der Waals surface area contributed by atoms with Crippen molar-refractivity contribution < 1.29 is 9.13 Å². The highest BCUT2D eigenvalue weighted by Crippen LogP contribution is 2.32. The number of ether oxygens (including phenoxy) is 1. The van der Waals surface area contributed by atoms with E-state index in [1.165, 1.54) is 18.6 Å². The molecule has 1 saturated carbocycles. The zero-order valence-electron chi connectivity index (χ0n) is 21.4. The van der Waals surface area contributed by atoms with E-state index in [4.69, 9.17) is 22.1 Å². The van der Waals surface area contributed by atoms with Gasteiger partial charge in [0.15, 0.2) is 0 Å². The summed E-state index contributed by atoms with van der Waals surface area (Å²) in [5, 5.41) is 8.40. The smallest absolute Gasteiger partial charge is 0.222 e. The van der Waals surface area contributed by atoms with E-state index in [1.807, 2.05) is 22.9 Å². The molecule has 1 aliphatic carbocycles. The highest BCUT2D eigenvalue weighted by molar-refractivity contribution is 5.69. The van der Waals surface area contributed by atoms with Crippen LogP contribution in [0.4, 0.5) is 21.6 Å². The summed E-state index contributed by atoms with van der Waals surface area (Å²) in [6.07, 6.45) is 6.76. The van der Waals surface area contributed by atoms with Crippen LogP contribution < -0.4 is 16.0 Å². The van der Waals surface area contributed by atoms with Gasteiger partial charge in [0.05, 0.1) is 24.1 Å². The van der Waals surface area contributed by atoms with Gasteiger partial charge in [-0.05, 0) is 62.3 Å². The molecule has 0 radical (unpaired) electrons. The molecule has 3 aromatic rings. The highest BCUT2D eigenvalue weighted by Gasteiger charge is 2.22. The molecule has 1 aromatic heterocycles. The molecule has 2 atom stereocenters. The first-order valence-corrected chi connectivity index (χ1v) is 13.2. The van der Waals surface area contributed by atoms with Gasteiger partial charge in [-0.1, -0.05) is 24.6 Å². The van der Waals surface area contributed by atoms with Gasteiger partial charge in [-0.15, -0.1) is 5.10 Å². The first kappa shape index (κ1) is 25.2. The Morgan fingerprint density at radius 2 is 1.92 bits per heavy atom. The van der Waals surface area contributed by atoms with Crippen LogP contribution in [0.15, 0.2) is 48.5 Å². The van der Waals surface area contributed by atoms with Crippen LogP contribution in [0.5, 0.6) is 0 Å². The number of nitrogens with one attached hydrogen (secondary N) is 1. The summed E-state index contributed by atoms with van der Waals surface area (Å²) in [7, 11) is 1.78. The fourth-order valence-electron chi connectivity index (χ4n) is 5.56. The Labute approximate surface area is 218 Å². The van der Waals surface area contributed by atoms with Crippen molar-refractivity contribution in [3.63, 3.8) is 0 Å². The lowest BCUT2D eigenvalue weighted by Crippen LogP contribution is -2.36. The molecule has 3 N–H and O–H groups in total. The van der Waals surface area contributed by atoms with E-state index in [2.05, 4.69) is 27.2 Å². The Balaban J connectivity index is 1.45. The minimum absolute atomic E-state index is 0.0169. The van der Waals surface area contributed by atoms with Crippen molar-refractivity contribution in [1.82, 2.24) is 9.78 Å². The van der Waals surface area contributed by atoms with Crippen molar-refractivity contribution >= 4 is 17.2 Å². The number of piperidine rings is 1. The Hall–Kier alpha value is -3.41. The Morgan fingerprint density at radius 1 is 1.11 bits per heavy atom. The molecule has 1 saturated heterocycles. The summed E-state index contributed by atoms with van der Waals surface area (Å²) >= 11 is 0. The number of rotatable bonds is 7. The van der Waals surface area contributed by atoms with Crippen molar-refractivity contribution in [3.8, 4) is 16.9 Å². The van der Waals surface area contributed by atoms with E-state index in [0.717, 1.165) is 74.6 Å². The number of halogens is 1. The van der Waals surface area contributed by atoms with Crippen molar-refractivity contribution in [2.45, 2.75) is 50.7 Å². The molecule has 5 rings (SSSR count). The van der Waals surface area contributed by atoms with E-state index >= 15 is 0 Å². The minimum Gasteiger partial charge on any atom is -0.381 e. The second kappa shape index (κ2) is 11.3. The SMILES string of the molecule is [C-]#[N+]c1ccc(-c2cc(NC[C@H]3CCC[C@H](N)C3)nn2-c2cccc(N3CCC(OC)CC3)c2)cc1F. The molecule has 0 bridgehead atoms. The topological polar surface area (TPSA) is 72.7 Å². The summed E-state index contributed by atoms with van der Waals surface area (Å²) in [5.74, 6) is 0.738. The molecule has 1 aliphatic heterocycles. The quantitative estimate of drug-likeness (QED) is 0.401. The molecule has 0 amide bonds. The Morgan fingerprint density at radius 3 is 2.65 bits per heavy atom. The lowest BCUT2D eigenvalue weighted by Gasteiger charge is -2.33. The van der Waals surface area contributed by atoms with E-state index in [-0.39, 0.29) is 11.7 Å². The predicted octanol–water partition coefficient (Wildman–Crippen LogP) is 5.77. The second-order valence-electron chi connectivity index (χ2n) is 10.2. The lowest BCUT2D eigenvalue weighted by molar-refractivity contribution is 0.0819. The highest BCUT2D eigenvalue weighted by atomic mass is 19.1. The van der Waals surface area contributed by atoms with Crippen molar-refractivity contribution in [2.75, 3.05) is 37.0 Å². The zero-order valence-corrected chi connectivity index (χ0v) is 21.4. The molecule has 194 valence electrons. The molecule has 2 heterocycles. The molecule has 7 nitrogen and oxygen atoms in total. The maximum atomic E-state index is 14.6. The Kier molecular flexibility index (Phi) is 7.73. The summed E-state index contributed by atoms with van der Waals surface area (Å²) < 4.78 is 22.0. The van der Waals surface area contributed by atoms with Crippen LogP contribution in [0.25, 0.3) is 21.8 Å². The zero-order chi connectivity index (χ0) is 25.8. The molecular weight excluding hydrogens is 467 g/mol. The molecule has 0 spiro atoms. The van der Waals surface area contributed by atoms with Crippen molar-refractivity contribution in [1.29, 1.82) is 0 Å². The van der Waals surface area contributed by atoms with Crippen LogP contribution in [0, 0.1) is 18.3 Å². The number of nitrogens with zero attached hydrogens (tertiary/aromatic N) is 4. The van der Waals surface area contributed by atoms with E-state index in [9.17, 15) is 4.39 Å². The summed E-state index contributed by atoms with van der Waals surface area (Å²) in [5.41, 5.74) is 9.69. The molecule has 8 heteroatoms. The molecule has 2 fully saturated rings. The fraction of sp³-hybridized carbons (Fsp3) is 0.448. The maximum absolute atomic E-state index is 14.6. The number of methoxy groups -OCH3 is 1. The second-order valence-corrected chi connectivity index (χ2v) is 10.2. The number of aromatic nitrogens is 2. The van der Waals surface area contributed by atoms with Crippen LogP contribution in [0.3, 0.4) is 0 Å². The van der Waals surface area contributed by atoms with Crippen molar-refractivity contribution in [3.05, 3.63) is 65.8 Å². The lowest BCUT2D eigenvalue weighted by atomic mass is 9.86. The van der Waals surface area contributed by atoms with Gasteiger partial charge < -0.3 is 20.7 Å². The van der Waals surface area contributed by atoms with Gasteiger partial charge in [-0.3, -0.25) is 0 Å². The van der Waals surface area contributed by atoms with E-state index in [0.29, 0.717) is 17.6 Å². The summed E-state index contributed by atoms with van der Waals surface area (Å²) in [4.78, 5) is 5.64. The average molecular weight is 503 g/mol. The molecular formula is C29H35FN6O. The van der Waals surface area contributed by atoms with Gasteiger partial charge in [0.2, 0.25) is 5.69 Å². The van der Waals surface area contributed by atoms with E-state index < -0.39 is 5.82 Å². The van der Waals surface area contributed by atoms with Gasteiger partial charge in [-0.25, -0.2) is 13.9 Å². The number of anilines is 2. The van der Waals surface area contributed by atoms with Crippen LogP contribution in [-0.2, 0) is 4.74 Å². The van der Waals surface area contributed by atoms with Gasteiger partial charge in [0, 0.05) is 50.1 Å². The minimum atomic E-state index is -0.527. The predicted molar refractivity (Wildman–Crippen MR) is 146 cm³/mol. The third-order valence-corrected chi connectivity index (χ3v) is 7.68. The van der Waals surface area contributed by atoms with Gasteiger partial charge >= 0.3 is 0 Å². The van der Waals surface area contributed by atoms with Crippen LogP contribution in [-0.4, -0.2) is 48.7 Å². The van der Waals surface area contributed by atoms with Crippen molar-refractivity contribution in [2.24, 2.45) is 11.7 Å². The molecule has 37 heavy (non-hydrogen) atoms. The number of nitrogens with two attached hydrogens (primary N) is 1. The van der Waals surface area contributed by atoms with Gasteiger partial charge in [0.1, 0.15) is 11.6 Å². The van der Waals surface area contributed by atoms with Crippen LogP contribution in [0.2, 0.25) is 0 Å². The Bertz CT molecular complexity index is 1260.